The quantitative estimate of drug-likeness (QED) is 0.748. The fourth-order valence-corrected chi connectivity index (χ4v) is 2.46. The van der Waals surface area contributed by atoms with Gasteiger partial charge in [-0.3, -0.25) is 9.36 Å². The lowest BCUT2D eigenvalue weighted by atomic mass is 10.2. The van der Waals surface area contributed by atoms with E-state index in [1.807, 2.05) is 0 Å². The third-order valence-electron chi connectivity index (χ3n) is 3.24. The Hall–Kier alpha value is -2.00. The van der Waals surface area contributed by atoms with E-state index in [4.69, 9.17) is 15.2 Å². The number of benzene rings is 1. The van der Waals surface area contributed by atoms with E-state index < -0.39 is 17.2 Å². The van der Waals surface area contributed by atoms with Crippen molar-refractivity contribution in [2.45, 2.75) is 26.5 Å². The highest BCUT2D eigenvalue weighted by Crippen LogP contribution is 2.25. The summed E-state index contributed by atoms with van der Waals surface area (Å²) in [6, 6.07) is 3.00. The fraction of sp³-hybridized carbons (Fsp3) is 0.375. The molecule has 1 aromatic carbocycles. The lowest BCUT2D eigenvalue weighted by Crippen LogP contribution is -2.27. The van der Waals surface area contributed by atoms with E-state index in [1.54, 1.807) is 13.8 Å². The minimum absolute atomic E-state index is 0.0438. The number of hydrogen-bond acceptors (Lipinski definition) is 5. The smallest absolute Gasteiger partial charge is 0.302 e. The van der Waals surface area contributed by atoms with E-state index in [1.165, 1.54) is 10.6 Å². The Bertz CT molecular complexity index is 812. The summed E-state index contributed by atoms with van der Waals surface area (Å²) in [7, 11) is 0. The van der Waals surface area contributed by atoms with Gasteiger partial charge >= 0.3 is 6.01 Å². The van der Waals surface area contributed by atoms with Crippen molar-refractivity contribution in [3.8, 4) is 11.9 Å². The monoisotopic (exact) mass is 417 g/mol. The van der Waals surface area contributed by atoms with Crippen molar-refractivity contribution < 1.29 is 18.3 Å². The SMILES string of the molecule is CC(C)n1c(OCCN)nc(OCc2ccc(F)cc2F)c(Br)c1=O. The first kappa shape index (κ1) is 19.3. The van der Waals surface area contributed by atoms with Crippen molar-refractivity contribution >= 4 is 15.9 Å². The summed E-state index contributed by atoms with van der Waals surface area (Å²) in [4.78, 5) is 16.7. The topological polar surface area (TPSA) is 79.4 Å². The van der Waals surface area contributed by atoms with Crippen LogP contribution in [0.4, 0.5) is 8.78 Å². The molecule has 0 aliphatic rings. The lowest BCUT2D eigenvalue weighted by Gasteiger charge is -2.17. The largest absolute Gasteiger partial charge is 0.472 e. The molecule has 0 fully saturated rings. The van der Waals surface area contributed by atoms with Gasteiger partial charge in [-0.05, 0) is 41.9 Å². The molecule has 136 valence electrons. The van der Waals surface area contributed by atoms with Gasteiger partial charge in [0.1, 0.15) is 29.3 Å². The summed E-state index contributed by atoms with van der Waals surface area (Å²) in [6.07, 6.45) is 0. The molecule has 0 atom stereocenters. The van der Waals surface area contributed by atoms with Crippen molar-refractivity contribution in [3.05, 3.63) is 50.2 Å². The highest BCUT2D eigenvalue weighted by molar-refractivity contribution is 9.10. The van der Waals surface area contributed by atoms with Crippen LogP contribution in [0.1, 0.15) is 25.5 Å². The maximum absolute atomic E-state index is 13.7. The summed E-state index contributed by atoms with van der Waals surface area (Å²) in [5.41, 5.74) is 5.15. The molecule has 9 heteroatoms. The molecule has 0 aliphatic heterocycles. The first-order valence-electron chi connectivity index (χ1n) is 7.56. The molecule has 0 aliphatic carbocycles. The molecule has 0 saturated carbocycles. The van der Waals surface area contributed by atoms with Crippen LogP contribution in [-0.2, 0) is 6.61 Å². The zero-order valence-corrected chi connectivity index (χ0v) is 15.3. The Balaban J connectivity index is 2.33. The van der Waals surface area contributed by atoms with Gasteiger partial charge in [0.15, 0.2) is 0 Å². The van der Waals surface area contributed by atoms with Gasteiger partial charge < -0.3 is 15.2 Å². The first-order valence-corrected chi connectivity index (χ1v) is 8.36. The number of hydrogen-bond donors (Lipinski definition) is 1. The van der Waals surface area contributed by atoms with Crippen LogP contribution in [-0.4, -0.2) is 22.7 Å². The van der Waals surface area contributed by atoms with Crippen LogP contribution in [0.25, 0.3) is 0 Å². The molecule has 6 nitrogen and oxygen atoms in total. The van der Waals surface area contributed by atoms with Gasteiger partial charge in [0, 0.05) is 24.2 Å². The summed E-state index contributed by atoms with van der Waals surface area (Å²) >= 11 is 3.15. The van der Waals surface area contributed by atoms with Crippen LogP contribution in [0.15, 0.2) is 27.5 Å². The number of rotatable bonds is 7. The minimum atomic E-state index is -0.744. The zero-order valence-electron chi connectivity index (χ0n) is 13.8. The Morgan fingerprint density at radius 2 is 2.04 bits per heavy atom. The molecule has 0 spiro atoms. The molecule has 1 aromatic heterocycles. The van der Waals surface area contributed by atoms with Gasteiger partial charge in [-0.1, -0.05) is 0 Å². The van der Waals surface area contributed by atoms with E-state index in [0.717, 1.165) is 12.1 Å². The van der Waals surface area contributed by atoms with Crippen LogP contribution in [0.5, 0.6) is 11.9 Å². The molecule has 0 bridgehead atoms. The Morgan fingerprint density at radius 3 is 2.64 bits per heavy atom. The second-order valence-electron chi connectivity index (χ2n) is 5.44. The molecule has 0 amide bonds. The summed E-state index contributed by atoms with van der Waals surface area (Å²) < 4.78 is 38.9. The van der Waals surface area contributed by atoms with Crippen molar-refractivity contribution in [3.63, 3.8) is 0 Å². The summed E-state index contributed by atoms with van der Waals surface area (Å²) in [6.45, 7) is 3.81. The highest BCUT2D eigenvalue weighted by Gasteiger charge is 2.19. The maximum atomic E-state index is 13.7. The average molecular weight is 418 g/mol. The third kappa shape index (κ3) is 4.55. The molecular weight excluding hydrogens is 400 g/mol. The number of ether oxygens (including phenoxy) is 2. The normalized spacial score (nSPS) is 11.0. The van der Waals surface area contributed by atoms with E-state index in [0.29, 0.717) is 0 Å². The van der Waals surface area contributed by atoms with Crippen molar-refractivity contribution in [1.82, 2.24) is 9.55 Å². The minimum Gasteiger partial charge on any atom is -0.472 e. The zero-order chi connectivity index (χ0) is 18.6. The van der Waals surface area contributed by atoms with Crippen LogP contribution < -0.4 is 20.8 Å². The van der Waals surface area contributed by atoms with Gasteiger partial charge in [0.2, 0.25) is 5.88 Å². The second kappa shape index (κ2) is 8.39. The van der Waals surface area contributed by atoms with Gasteiger partial charge in [-0.15, -0.1) is 0 Å². The van der Waals surface area contributed by atoms with E-state index in [9.17, 15) is 13.6 Å². The van der Waals surface area contributed by atoms with Crippen LogP contribution >= 0.6 is 15.9 Å². The highest BCUT2D eigenvalue weighted by atomic mass is 79.9. The Labute approximate surface area is 151 Å². The molecular formula is C16H18BrF2N3O3. The molecule has 0 saturated heterocycles. The molecule has 1 heterocycles. The molecule has 2 aromatic rings. The van der Waals surface area contributed by atoms with Crippen LogP contribution in [0, 0.1) is 11.6 Å². The molecule has 2 N–H and O–H groups in total. The molecule has 2 rings (SSSR count). The Morgan fingerprint density at radius 1 is 1.32 bits per heavy atom. The number of nitrogens with zero attached hydrogens (tertiary/aromatic N) is 2. The standard InChI is InChI=1S/C16H18BrF2N3O3/c1-9(2)22-15(23)13(17)14(21-16(22)24-6-5-20)25-8-10-3-4-11(18)7-12(10)19/h3-4,7,9H,5-6,8,20H2,1-2H3. The molecule has 0 radical (unpaired) electrons. The van der Waals surface area contributed by atoms with Gasteiger partial charge in [0.05, 0.1) is 0 Å². The Kier molecular flexibility index (Phi) is 6.49. The number of aromatic nitrogens is 2. The van der Waals surface area contributed by atoms with E-state index in [2.05, 4.69) is 20.9 Å². The molecule has 0 unspecified atom stereocenters. The number of halogens is 3. The van der Waals surface area contributed by atoms with Crippen molar-refractivity contribution in [2.24, 2.45) is 5.73 Å². The summed E-state index contributed by atoms with van der Waals surface area (Å²) in [5, 5.41) is 0. The lowest BCUT2D eigenvalue weighted by molar-refractivity contribution is 0.246. The van der Waals surface area contributed by atoms with Crippen molar-refractivity contribution in [2.75, 3.05) is 13.2 Å². The molecule has 25 heavy (non-hydrogen) atoms. The number of nitrogens with two attached hydrogens (primary N) is 1. The second-order valence-corrected chi connectivity index (χ2v) is 6.24. The van der Waals surface area contributed by atoms with Crippen molar-refractivity contribution in [1.29, 1.82) is 0 Å². The predicted molar refractivity (Wildman–Crippen MR) is 91.8 cm³/mol. The van der Waals surface area contributed by atoms with Crippen LogP contribution in [0.3, 0.4) is 0 Å². The van der Waals surface area contributed by atoms with Gasteiger partial charge in [-0.2, -0.15) is 4.98 Å². The van der Waals surface area contributed by atoms with Gasteiger partial charge in [0.25, 0.3) is 5.56 Å². The van der Waals surface area contributed by atoms with Crippen LogP contribution in [0.2, 0.25) is 0 Å². The maximum Gasteiger partial charge on any atom is 0.302 e. The van der Waals surface area contributed by atoms with Gasteiger partial charge in [-0.25, -0.2) is 8.78 Å². The predicted octanol–water partition coefficient (Wildman–Crippen LogP) is 2.78. The third-order valence-corrected chi connectivity index (χ3v) is 3.92. The van der Waals surface area contributed by atoms with E-state index >= 15 is 0 Å². The summed E-state index contributed by atoms with van der Waals surface area (Å²) in [5.74, 6) is -1.47. The first-order chi connectivity index (χ1) is 11.8. The van der Waals surface area contributed by atoms with E-state index in [-0.39, 0.29) is 47.7 Å². The fourth-order valence-electron chi connectivity index (χ4n) is 2.06. The average Bonchev–Trinajstić information content (AvgIpc) is 2.55.